The summed E-state index contributed by atoms with van der Waals surface area (Å²) in [6.45, 7) is -0.0270. The third kappa shape index (κ3) is 8.35. The van der Waals surface area contributed by atoms with Crippen molar-refractivity contribution < 1.29 is 32.4 Å². The van der Waals surface area contributed by atoms with Gasteiger partial charge in [0.05, 0.1) is 23.7 Å². The molecule has 1 aromatic heterocycles. The number of carbonyl (C=O) groups excluding carboxylic acids is 5. The molecule has 14 nitrogen and oxygen atoms in total. The molecular weight excluding hydrogens is 687 g/mol. The maximum Gasteiger partial charge on any atom is 0.287 e. The van der Waals surface area contributed by atoms with Gasteiger partial charge in [0.1, 0.15) is 17.6 Å². The lowest BCUT2D eigenvalue weighted by Gasteiger charge is -2.38. The SMILES string of the molecule is CS(=O)(=O)Cc1cnnn1[C@H]1C[C@@H](C(=O)NC2(C(=O)C(N)=O)CCCCC2)N(C(=O)C(CC2CCCCC2)NC(=O)c2ccc3ccccc3c2)C1. The molecule has 2 saturated carbocycles. The highest BCUT2D eigenvalue weighted by Crippen LogP contribution is 2.34. The van der Waals surface area contributed by atoms with Gasteiger partial charge in [0.2, 0.25) is 17.6 Å². The van der Waals surface area contributed by atoms with Gasteiger partial charge in [-0.1, -0.05) is 86.9 Å². The first-order valence-corrected chi connectivity index (χ1v) is 20.2. The number of sulfone groups is 1. The molecule has 15 heteroatoms. The quantitative estimate of drug-likeness (QED) is 0.234. The van der Waals surface area contributed by atoms with Crippen LogP contribution in [0.5, 0.6) is 0 Å². The van der Waals surface area contributed by atoms with Crippen LogP contribution in [0.15, 0.2) is 48.7 Å². The van der Waals surface area contributed by atoms with Crippen molar-refractivity contribution in [2.24, 2.45) is 11.7 Å². The van der Waals surface area contributed by atoms with Gasteiger partial charge in [-0.3, -0.25) is 24.0 Å². The number of primary amides is 1. The Morgan fingerprint density at radius 3 is 2.35 bits per heavy atom. The van der Waals surface area contributed by atoms with E-state index < -0.39 is 62.9 Å². The smallest absolute Gasteiger partial charge is 0.287 e. The lowest BCUT2D eigenvalue weighted by Crippen LogP contribution is -2.62. The third-order valence-corrected chi connectivity index (χ3v) is 11.7. The Hall–Kier alpha value is -4.66. The maximum atomic E-state index is 14.8. The lowest BCUT2D eigenvalue weighted by molar-refractivity contribution is -0.145. The minimum atomic E-state index is -3.48. The summed E-state index contributed by atoms with van der Waals surface area (Å²) in [7, 11) is -3.48. The van der Waals surface area contributed by atoms with Gasteiger partial charge < -0.3 is 21.3 Å². The number of amides is 4. The maximum absolute atomic E-state index is 14.8. The van der Waals surface area contributed by atoms with Gasteiger partial charge in [0.25, 0.3) is 11.8 Å². The molecule has 4 N–H and O–H groups in total. The number of fused-ring (bicyclic) bond motifs is 1. The third-order valence-electron chi connectivity index (χ3n) is 10.9. The highest BCUT2D eigenvalue weighted by Gasteiger charge is 2.49. The van der Waals surface area contributed by atoms with Crippen LogP contribution >= 0.6 is 0 Å². The zero-order valence-electron chi connectivity index (χ0n) is 29.5. The Kier molecular flexibility index (Phi) is 11.1. The summed E-state index contributed by atoms with van der Waals surface area (Å²) >= 11 is 0. The summed E-state index contributed by atoms with van der Waals surface area (Å²) in [4.78, 5) is 69.7. The van der Waals surface area contributed by atoms with Crippen molar-refractivity contribution in [2.45, 2.75) is 106 Å². The standard InChI is InChI=1S/C37H47N7O7S/c1-52(50,51)23-29-21-39-42-44(29)28-20-31(35(48)41-37(32(45)33(38)46)16-8-3-9-17-37)43(22-28)36(49)30(18-24-10-4-2-5-11-24)40-34(47)27-15-14-25-12-6-7-13-26(25)19-27/h6-7,12-15,19,21,24,28,30-31H,2-5,8-11,16-18,20,22-23H2,1H3,(H2,38,46)(H,40,47)(H,41,48)/t28-,30?,31-/m0/s1. The first-order valence-electron chi connectivity index (χ1n) is 18.2. The normalized spacial score (nSPS) is 21.4. The molecule has 2 aromatic carbocycles. The molecule has 3 aromatic rings. The van der Waals surface area contributed by atoms with Gasteiger partial charge in [-0.2, -0.15) is 0 Å². The number of hydrogen-bond donors (Lipinski definition) is 3. The van der Waals surface area contributed by atoms with E-state index in [1.54, 1.807) is 12.1 Å². The fourth-order valence-corrected chi connectivity index (χ4v) is 9.04. The van der Waals surface area contributed by atoms with Crippen LogP contribution in [-0.2, 0) is 34.8 Å². The summed E-state index contributed by atoms with van der Waals surface area (Å²) < 4.78 is 25.9. The van der Waals surface area contributed by atoms with Gasteiger partial charge in [-0.25, -0.2) is 13.1 Å². The van der Waals surface area contributed by atoms with Crippen molar-refractivity contribution in [1.29, 1.82) is 0 Å². The van der Waals surface area contributed by atoms with Gasteiger partial charge in [-0.15, -0.1) is 5.10 Å². The molecule has 52 heavy (non-hydrogen) atoms. The summed E-state index contributed by atoms with van der Waals surface area (Å²) in [5, 5.41) is 15.8. The summed E-state index contributed by atoms with van der Waals surface area (Å²) in [6, 6.07) is 10.3. The molecule has 3 fully saturated rings. The average molecular weight is 734 g/mol. The summed E-state index contributed by atoms with van der Waals surface area (Å²) in [5.41, 5.74) is 4.66. The molecule has 6 rings (SSSR count). The second-order valence-corrected chi connectivity index (χ2v) is 16.9. The zero-order chi connectivity index (χ0) is 37.0. The topological polar surface area (TPSA) is 204 Å². The Bertz CT molecular complexity index is 1950. The highest BCUT2D eigenvalue weighted by atomic mass is 32.2. The van der Waals surface area contributed by atoms with E-state index in [2.05, 4.69) is 20.9 Å². The van der Waals surface area contributed by atoms with Crippen LogP contribution in [0.25, 0.3) is 10.8 Å². The van der Waals surface area contributed by atoms with E-state index in [1.165, 1.54) is 15.8 Å². The fourth-order valence-electron chi connectivity index (χ4n) is 8.30. The molecular formula is C37H47N7O7S. The van der Waals surface area contributed by atoms with Gasteiger partial charge in [-0.05, 0) is 48.1 Å². The molecule has 0 radical (unpaired) electrons. The van der Waals surface area contributed by atoms with E-state index in [-0.39, 0.29) is 37.5 Å². The van der Waals surface area contributed by atoms with Crippen molar-refractivity contribution in [1.82, 2.24) is 30.5 Å². The molecule has 3 atom stereocenters. The van der Waals surface area contributed by atoms with E-state index >= 15 is 0 Å². The molecule has 1 aliphatic heterocycles. The van der Waals surface area contributed by atoms with E-state index in [0.717, 1.165) is 55.6 Å². The fraction of sp³-hybridized carbons (Fsp3) is 0.541. The van der Waals surface area contributed by atoms with E-state index in [0.29, 0.717) is 30.5 Å². The molecule has 0 bridgehead atoms. The number of likely N-dealkylation sites (tertiary alicyclic amines) is 1. The van der Waals surface area contributed by atoms with Gasteiger partial charge in [0.15, 0.2) is 9.84 Å². The minimum absolute atomic E-state index is 0.0270. The highest BCUT2D eigenvalue weighted by molar-refractivity contribution is 7.89. The van der Waals surface area contributed by atoms with Crippen LogP contribution in [0.3, 0.4) is 0 Å². The van der Waals surface area contributed by atoms with Crippen LogP contribution in [-0.4, -0.2) is 88.1 Å². The number of aromatic nitrogens is 3. The zero-order valence-corrected chi connectivity index (χ0v) is 30.3. The molecule has 2 heterocycles. The average Bonchev–Trinajstić information content (AvgIpc) is 3.78. The van der Waals surface area contributed by atoms with Crippen LogP contribution in [0.1, 0.15) is 99.1 Å². The van der Waals surface area contributed by atoms with Crippen molar-refractivity contribution >= 4 is 50.0 Å². The van der Waals surface area contributed by atoms with Crippen LogP contribution < -0.4 is 16.4 Å². The van der Waals surface area contributed by atoms with Crippen LogP contribution in [0, 0.1) is 5.92 Å². The number of Topliss-reactive ketones (excluding diaryl/α,β-unsaturated/α-hetero) is 1. The van der Waals surface area contributed by atoms with E-state index in [4.69, 9.17) is 5.73 Å². The number of benzene rings is 2. The van der Waals surface area contributed by atoms with Crippen molar-refractivity contribution in [3.63, 3.8) is 0 Å². The van der Waals surface area contributed by atoms with Crippen LogP contribution in [0.2, 0.25) is 0 Å². The number of carbonyl (C=O) groups is 5. The van der Waals surface area contributed by atoms with E-state index in [9.17, 15) is 32.4 Å². The second-order valence-electron chi connectivity index (χ2n) is 14.8. The number of hydrogen-bond acceptors (Lipinski definition) is 9. The van der Waals surface area contributed by atoms with Crippen molar-refractivity contribution in [2.75, 3.05) is 12.8 Å². The Morgan fingerprint density at radius 1 is 0.962 bits per heavy atom. The van der Waals surface area contributed by atoms with E-state index in [1.807, 2.05) is 30.3 Å². The van der Waals surface area contributed by atoms with Crippen molar-refractivity contribution in [3.05, 3.63) is 59.9 Å². The predicted molar refractivity (Wildman–Crippen MR) is 192 cm³/mol. The van der Waals surface area contributed by atoms with Gasteiger partial charge >= 0.3 is 0 Å². The number of rotatable bonds is 12. The molecule has 2 aliphatic carbocycles. The monoisotopic (exact) mass is 733 g/mol. The number of nitrogens with two attached hydrogens (primary N) is 1. The molecule has 0 spiro atoms. The van der Waals surface area contributed by atoms with Gasteiger partial charge in [0, 0.05) is 24.8 Å². The second kappa shape index (κ2) is 15.5. The molecule has 1 saturated heterocycles. The van der Waals surface area contributed by atoms with Crippen LogP contribution in [0.4, 0.5) is 0 Å². The Labute approximate surface area is 303 Å². The molecule has 278 valence electrons. The number of ketones is 1. The molecule has 3 aliphatic rings. The Balaban J connectivity index is 1.33. The molecule has 1 unspecified atom stereocenters. The number of nitrogens with one attached hydrogen (secondary N) is 2. The minimum Gasteiger partial charge on any atom is -0.363 e. The summed E-state index contributed by atoms with van der Waals surface area (Å²) in [5.74, 6) is -3.70. The predicted octanol–water partition coefficient (Wildman–Crippen LogP) is 2.76. The van der Waals surface area contributed by atoms with Crippen molar-refractivity contribution in [3.8, 4) is 0 Å². The largest absolute Gasteiger partial charge is 0.363 e. The number of nitrogens with zero attached hydrogens (tertiary/aromatic N) is 4. The lowest BCUT2D eigenvalue weighted by atomic mass is 9.78. The first kappa shape index (κ1) is 37.1. The Morgan fingerprint density at radius 2 is 1.65 bits per heavy atom. The summed E-state index contributed by atoms with van der Waals surface area (Å²) in [6.07, 6.45) is 10.3. The molecule has 4 amide bonds. The first-order chi connectivity index (χ1) is 24.8.